The van der Waals surface area contributed by atoms with Gasteiger partial charge in [-0.3, -0.25) is 4.99 Å². The van der Waals surface area contributed by atoms with E-state index in [0.29, 0.717) is 6.04 Å². The van der Waals surface area contributed by atoms with Crippen LogP contribution in [0.15, 0.2) is 29.3 Å². The van der Waals surface area contributed by atoms with E-state index in [1.807, 2.05) is 23.9 Å². The molecule has 0 radical (unpaired) electrons. The molecule has 1 heterocycles. The lowest BCUT2D eigenvalue weighted by Gasteiger charge is -2.26. The van der Waals surface area contributed by atoms with Gasteiger partial charge in [-0.25, -0.2) is 0 Å². The first kappa shape index (κ1) is 21.0. The Bertz CT molecular complexity index is 563. The van der Waals surface area contributed by atoms with E-state index >= 15 is 0 Å². The Kier molecular flexibility index (Phi) is 9.32. The van der Waals surface area contributed by atoms with Gasteiger partial charge < -0.3 is 10.2 Å². The average molecular weight is 408 g/mol. The normalized spacial score (nSPS) is 20.0. The van der Waals surface area contributed by atoms with E-state index in [9.17, 15) is 0 Å². The van der Waals surface area contributed by atoms with E-state index in [1.165, 1.54) is 83.0 Å². The number of piperidine rings is 1. The molecular weight excluding hydrogens is 374 g/mol. The number of hydrogen-bond acceptors (Lipinski definition) is 3. The largest absolute Gasteiger partial charge is 0.361 e. The summed E-state index contributed by atoms with van der Waals surface area (Å²) in [5.41, 5.74) is 1.25. The number of nitrogens with one attached hydrogen (secondary N) is 1. The van der Waals surface area contributed by atoms with Crippen molar-refractivity contribution in [1.82, 2.24) is 10.2 Å². The van der Waals surface area contributed by atoms with Crippen LogP contribution in [0.4, 0.5) is 0 Å². The molecule has 2 aliphatic rings. The van der Waals surface area contributed by atoms with Crippen LogP contribution in [-0.2, 0) is 6.54 Å². The molecule has 1 aliphatic carbocycles. The Hall–Kier alpha value is -0.710. The van der Waals surface area contributed by atoms with Crippen LogP contribution in [0, 0.1) is 0 Å². The predicted octanol–water partition coefficient (Wildman–Crippen LogP) is 5.73. The van der Waals surface area contributed by atoms with Crippen LogP contribution in [0.2, 0.25) is 5.02 Å². The Balaban J connectivity index is 1.47. The number of rotatable bonds is 7. The number of nitrogens with zero attached hydrogens (tertiary/aromatic N) is 2. The lowest BCUT2D eigenvalue weighted by atomic mass is 9.96. The van der Waals surface area contributed by atoms with Crippen LogP contribution in [0.5, 0.6) is 0 Å². The molecule has 3 rings (SSSR count). The topological polar surface area (TPSA) is 27.6 Å². The van der Waals surface area contributed by atoms with Crippen LogP contribution < -0.4 is 5.32 Å². The smallest absolute Gasteiger partial charge is 0.157 e. The van der Waals surface area contributed by atoms with Crippen molar-refractivity contribution in [3.8, 4) is 0 Å². The minimum atomic E-state index is 0.515. The lowest BCUT2D eigenvalue weighted by molar-refractivity contribution is 0.230. The fraction of sp³-hybridized carbons (Fsp3) is 0.682. The Morgan fingerprint density at radius 1 is 1.04 bits per heavy atom. The molecule has 1 aliphatic heterocycles. The lowest BCUT2D eigenvalue weighted by Crippen LogP contribution is -2.31. The molecule has 2 fully saturated rings. The number of amidine groups is 1. The summed E-state index contributed by atoms with van der Waals surface area (Å²) in [7, 11) is 0. The molecule has 0 atom stereocenters. The van der Waals surface area contributed by atoms with E-state index in [2.05, 4.69) is 22.3 Å². The molecule has 0 spiro atoms. The van der Waals surface area contributed by atoms with Gasteiger partial charge in [-0.1, -0.05) is 61.2 Å². The van der Waals surface area contributed by atoms with Crippen LogP contribution in [0.25, 0.3) is 0 Å². The van der Waals surface area contributed by atoms with E-state index < -0.39 is 0 Å². The van der Waals surface area contributed by atoms with Crippen molar-refractivity contribution >= 4 is 28.5 Å². The highest BCUT2D eigenvalue weighted by atomic mass is 35.5. The molecule has 0 aromatic heterocycles. The number of halogens is 1. The molecule has 3 nitrogen and oxygen atoms in total. The van der Waals surface area contributed by atoms with Crippen molar-refractivity contribution in [3.05, 3.63) is 34.9 Å². The molecule has 0 amide bonds. The van der Waals surface area contributed by atoms with Crippen LogP contribution in [0.3, 0.4) is 0 Å². The summed E-state index contributed by atoms with van der Waals surface area (Å²) in [6, 6.07) is 8.62. The second kappa shape index (κ2) is 12.0. The van der Waals surface area contributed by atoms with Crippen molar-refractivity contribution in [2.24, 2.45) is 4.99 Å². The SMILES string of the molecule is Clc1ccc(CN/C(=N\C2CCCCC2)SCCCN2CCCCC2)cc1. The molecule has 1 saturated heterocycles. The van der Waals surface area contributed by atoms with Gasteiger partial charge >= 0.3 is 0 Å². The first-order chi connectivity index (χ1) is 13.3. The van der Waals surface area contributed by atoms with Crippen LogP contribution in [-0.4, -0.2) is 41.5 Å². The molecule has 1 saturated carbocycles. The van der Waals surface area contributed by atoms with E-state index in [4.69, 9.17) is 16.6 Å². The number of thioether (sulfide) groups is 1. The number of aliphatic imine (C=N–C) groups is 1. The molecule has 1 aromatic rings. The first-order valence-electron chi connectivity index (χ1n) is 10.7. The number of likely N-dealkylation sites (tertiary alicyclic amines) is 1. The van der Waals surface area contributed by atoms with Gasteiger partial charge in [0.25, 0.3) is 0 Å². The maximum Gasteiger partial charge on any atom is 0.157 e. The molecule has 27 heavy (non-hydrogen) atoms. The van der Waals surface area contributed by atoms with E-state index in [1.54, 1.807) is 0 Å². The number of benzene rings is 1. The minimum Gasteiger partial charge on any atom is -0.361 e. The molecule has 150 valence electrons. The molecule has 1 aromatic carbocycles. The van der Waals surface area contributed by atoms with Gasteiger partial charge in [0, 0.05) is 17.3 Å². The van der Waals surface area contributed by atoms with Gasteiger partial charge in [0.2, 0.25) is 0 Å². The standard InChI is InChI=1S/C22H34ClN3S/c23-20-12-10-19(11-13-20)18-24-22(25-21-8-3-1-4-9-21)27-17-7-16-26-14-5-2-6-15-26/h10-13,21H,1-9,14-18H2,(H,24,25). The summed E-state index contributed by atoms with van der Waals surface area (Å²) in [4.78, 5) is 7.71. The summed E-state index contributed by atoms with van der Waals surface area (Å²) in [5.74, 6) is 1.15. The highest BCUT2D eigenvalue weighted by Crippen LogP contribution is 2.22. The maximum absolute atomic E-state index is 6.00. The highest BCUT2D eigenvalue weighted by Gasteiger charge is 2.14. The van der Waals surface area contributed by atoms with Crippen molar-refractivity contribution in [2.75, 3.05) is 25.4 Å². The Labute approximate surface area is 174 Å². The monoisotopic (exact) mass is 407 g/mol. The summed E-state index contributed by atoms with van der Waals surface area (Å²) in [5, 5.41) is 5.53. The zero-order valence-corrected chi connectivity index (χ0v) is 18.0. The highest BCUT2D eigenvalue weighted by molar-refractivity contribution is 8.13. The van der Waals surface area contributed by atoms with Gasteiger partial charge in [-0.05, 0) is 69.4 Å². The fourth-order valence-electron chi connectivity index (χ4n) is 3.93. The maximum atomic E-state index is 6.00. The average Bonchev–Trinajstić information content (AvgIpc) is 2.72. The van der Waals surface area contributed by atoms with E-state index in [-0.39, 0.29) is 0 Å². The van der Waals surface area contributed by atoms with Gasteiger partial charge in [-0.15, -0.1) is 0 Å². The van der Waals surface area contributed by atoms with Crippen LogP contribution >= 0.6 is 23.4 Å². The summed E-state index contributed by atoms with van der Waals surface area (Å²) in [6.07, 6.45) is 12.0. The second-order valence-corrected chi connectivity index (χ2v) is 9.33. The molecule has 0 unspecified atom stereocenters. The van der Waals surface area contributed by atoms with Crippen molar-refractivity contribution in [3.63, 3.8) is 0 Å². The summed E-state index contributed by atoms with van der Waals surface area (Å²) in [6.45, 7) is 4.65. The summed E-state index contributed by atoms with van der Waals surface area (Å²) >= 11 is 7.91. The van der Waals surface area contributed by atoms with E-state index in [0.717, 1.165) is 22.5 Å². The Morgan fingerprint density at radius 3 is 2.48 bits per heavy atom. The molecular formula is C22H34ClN3S. The van der Waals surface area contributed by atoms with Crippen LogP contribution in [0.1, 0.15) is 63.4 Å². The van der Waals surface area contributed by atoms with Crippen molar-refractivity contribution < 1.29 is 0 Å². The number of hydrogen-bond donors (Lipinski definition) is 1. The summed E-state index contributed by atoms with van der Waals surface area (Å²) < 4.78 is 0. The third kappa shape index (κ3) is 8.05. The molecule has 1 N–H and O–H groups in total. The predicted molar refractivity (Wildman–Crippen MR) is 120 cm³/mol. The second-order valence-electron chi connectivity index (χ2n) is 7.81. The first-order valence-corrected chi connectivity index (χ1v) is 12.1. The third-order valence-electron chi connectivity index (χ3n) is 5.54. The van der Waals surface area contributed by atoms with Gasteiger partial charge in [-0.2, -0.15) is 0 Å². The minimum absolute atomic E-state index is 0.515. The Morgan fingerprint density at radius 2 is 1.74 bits per heavy atom. The van der Waals surface area contributed by atoms with Crippen molar-refractivity contribution in [1.29, 1.82) is 0 Å². The van der Waals surface area contributed by atoms with Gasteiger partial charge in [0.15, 0.2) is 5.17 Å². The quantitative estimate of drug-likeness (QED) is 0.355. The fourth-order valence-corrected chi connectivity index (χ4v) is 4.92. The van der Waals surface area contributed by atoms with Gasteiger partial charge in [0.05, 0.1) is 6.04 Å². The third-order valence-corrected chi connectivity index (χ3v) is 6.81. The molecule has 0 bridgehead atoms. The molecule has 5 heteroatoms. The van der Waals surface area contributed by atoms with Crippen molar-refractivity contribution in [2.45, 2.75) is 70.4 Å². The van der Waals surface area contributed by atoms with Gasteiger partial charge in [0.1, 0.15) is 0 Å². The zero-order valence-electron chi connectivity index (χ0n) is 16.5. The zero-order chi connectivity index (χ0) is 18.7.